The molecule has 0 spiro atoms. The van der Waals surface area contributed by atoms with Gasteiger partial charge in [-0.1, -0.05) is 0 Å². The van der Waals surface area contributed by atoms with Crippen molar-refractivity contribution in [2.45, 2.75) is 6.10 Å². The molecule has 0 unspecified atom stereocenters. The van der Waals surface area contributed by atoms with Crippen molar-refractivity contribution in [1.29, 1.82) is 5.26 Å². The molecule has 0 saturated heterocycles. The number of carbonyl (C=O) groups excluding carboxylic acids is 1. The summed E-state index contributed by atoms with van der Waals surface area (Å²) in [5.41, 5.74) is 0.991. The van der Waals surface area contributed by atoms with E-state index in [2.05, 4.69) is 5.32 Å². The maximum Gasteiger partial charge on any atom is 0.251 e. The average molecular weight is 247 g/mol. The Balaban J connectivity index is 2.47. The van der Waals surface area contributed by atoms with Gasteiger partial charge in [0.2, 0.25) is 0 Å². The highest BCUT2D eigenvalue weighted by Gasteiger charge is 2.09. The van der Waals surface area contributed by atoms with Crippen molar-refractivity contribution in [1.82, 2.24) is 10.2 Å². The van der Waals surface area contributed by atoms with Crippen LogP contribution in [0.25, 0.3) is 0 Å². The van der Waals surface area contributed by atoms with Crippen molar-refractivity contribution in [3.05, 3.63) is 35.4 Å². The highest BCUT2D eigenvalue weighted by atomic mass is 16.3. The maximum absolute atomic E-state index is 11.7. The van der Waals surface area contributed by atoms with E-state index in [1.54, 1.807) is 24.3 Å². The Morgan fingerprint density at radius 2 is 2.06 bits per heavy atom. The minimum absolute atomic E-state index is 0.205. The van der Waals surface area contributed by atoms with Crippen LogP contribution in [0.2, 0.25) is 0 Å². The van der Waals surface area contributed by atoms with E-state index in [4.69, 9.17) is 5.26 Å². The Morgan fingerprint density at radius 1 is 1.44 bits per heavy atom. The third-order valence-corrected chi connectivity index (χ3v) is 2.35. The summed E-state index contributed by atoms with van der Waals surface area (Å²) in [6.45, 7) is 0.699. The monoisotopic (exact) mass is 247 g/mol. The summed E-state index contributed by atoms with van der Waals surface area (Å²) in [5, 5.41) is 20.9. The predicted molar refractivity (Wildman–Crippen MR) is 68.1 cm³/mol. The summed E-state index contributed by atoms with van der Waals surface area (Å²) < 4.78 is 0. The number of benzene rings is 1. The van der Waals surface area contributed by atoms with Crippen molar-refractivity contribution >= 4 is 5.91 Å². The summed E-state index contributed by atoms with van der Waals surface area (Å²) >= 11 is 0. The molecule has 5 heteroatoms. The van der Waals surface area contributed by atoms with E-state index in [1.165, 1.54) is 0 Å². The van der Waals surface area contributed by atoms with Gasteiger partial charge in [0.1, 0.15) is 0 Å². The highest BCUT2D eigenvalue weighted by molar-refractivity contribution is 5.94. The summed E-state index contributed by atoms with van der Waals surface area (Å²) in [7, 11) is 3.71. The van der Waals surface area contributed by atoms with Gasteiger partial charge >= 0.3 is 0 Å². The zero-order valence-electron chi connectivity index (χ0n) is 10.6. The lowest BCUT2D eigenvalue weighted by atomic mass is 10.1. The smallest absolute Gasteiger partial charge is 0.251 e. The minimum Gasteiger partial charge on any atom is -0.390 e. The van der Waals surface area contributed by atoms with Gasteiger partial charge in [-0.3, -0.25) is 4.79 Å². The summed E-state index contributed by atoms with van der Waals surface area (Å²) in [6.07, 6.45) is -0.595. The highest BCUT2D eigenvalue weighted by Crippen LogP contribution is 2.03. The molecule has 1 rings (SSSR count). The first kappa shape index (κ1) is 14.2. The van der Waals surface area contributed by atoms with Gasteiger partial charge in [0.15, 0.2) is 0 Å². The standard InChI is InChI=1S/C13H17N3O2/c1-16(2)9-12(17)8-15-13(18)11-5-3-10(7-14)4-6-11/h3-6,12,17H,8-9H2,1-2H3,(H,15,18)/t12-/m0/s1. The van der Waals surface area contributed by atoms with Gasteiger partial charge in [-0.2, -0.15) is 5.26 Å². The summed E-state index contributed by atoms with van der Waals surface area (Å²) in [4.78, 5) is 13.6. The topological polar surface area (TPSA) is 76.4 Å². The van der Waals surface area contributed by atoms with Crippen molar-refractivity contribution in [3.8, 4) is 6.07 Å². The number of amides is 1. The molecule has 18 heavy (non-hydrogen) atoms. The number of aliphatic hydroxyl groups excluding tert-OH is 1. The van der Waals surface area contributed by atoms with Gasteiger partial charge in [0, 0.05) is 18.7 Å². The van der Waals surface area contributed by atoms with Crippen LogP contribution in [-0.2, 0) is 0 Å². The van der Waals surface area contributed by atoms with Crippen molar-refractivity contribution in [3.63, 3.8) is 0 Å². The first-order chi connectivity index (χ1) is 8.52. The summed E-state index contributed by atoms with van der Waals surface area (Å²) in [5.74, 6) is -0.253. The molecule has 0 fully saturated rings. The first-order valence-corrected chi connectivity index (χ1v) is 5.64. The molecule has 0 aromatic heterocycles. The fourth-order valence-electron chi connectivity index (χ4n) is 1.49. The molecule has 0 aliphatic rings. The molecule has 0 aliphatic carbocycles. The third kappa shape index (κ3) is 4.53. The van der Waals surface area contributed by atoms with E-state index >= 15 is 0 Å². The summed E-state index contributed by atoms with van der Waals surface area (Å²) in [6, 6.07) is 8.34. The van der Waals surface area contributed by atoms with Gasteiger partial charge in [0.25, 0.3) is 5.91 Å². The van der Waals surface area contributed by atoms with Gasteiger partial charge in [0.05, 0.1) is 17.7 Å². The van der Waals surface area contributed by atoms with Crippen LogP contribution < -0.4 is 5.32 Å². The Hall–Kier alpha value is -1.90. The predicted octanol–water partition coefficient (Wildman–Crippen LogP) is 0.211. The Labute approximate surface area is 107 Å². The lowest BCUT2D eigenvalue weighted by Gasteiger charge is -2.16. The zero-order chi connectivity index (χ0) is 13.5. The number of rotatable bonds is 5. The molecule has 0 saturated carbocycles. The van der Waals surface area contributed by atoms with Gasteiger partial charge in [-0.25, -0.2) is 0 Å². The fraction of sp³-hybridized carbons (Fsp3) is 0.385. The molecule has 0 radical (unpaired) electrons. The second-order valence-electron chi connectivity index (χ2n) is 4.32. The van der Waals surface area contributed by atoms with Crippen LogP contribution in [0.15, 0.2) is 24.3 Å². The molecule has 1 aromatic carbocycles. The number of nitrogens with zero attached hydrogens (tertiary/aromatic N) is 2. The van der Waals surface area contributed by atoms with Crippen LogP contribution >= 0.6 is 0 Å². The van der Waals surface area contributed by atoms with Crippen molar-refractivity contribution in [2.24, 2.45) is 0 Å². The van der Waals surface area contributed by atoms with E-state index in [1.807, 2.05) is 25.1 Å². The zero-order valence-corrected chi connectivity index (χ0v) is 10.6. The normalized spacial score (nSPS) is 11.9. The van der Waals surface area contributed by atoms with Crippen LogP contribution in [0.3, 0.4) is 0 Å². The number of aliphatic hydroxyl groups is 1. The third-order valence-electron chi connectivity index (χ3n) is 2.35. The second-order valence-corrected chi connectivity index (χ2v) is 4.32. The lowest BCUT2D eigenvalue weighted by Crippen LogP contribution is -2.37. The molecule has 1 atom stereocenters. The van der Waals surface area contributed by atoms with Gasteiger partial charge in [-0.05, 0) is 38.4 Å². The van der Waals surface area contributed by atoms with E-state index in [-0.39, 0.29) is 12.5 Å². The van der Waals surface area contributed by atoms with Crippen LogP contribution in [0.1, 0.15) is 15.9 Å². The Bertz CT molecular complexity index is 435. The maximum atomic E-state index is 11.7. The molecule has 2 N–H and O–H groups in total. The molecule has 0 aliphatic heterocycles. The van der Waals surface area contributed by atoms with Gasteiger partial charge < -0.3 is 15.3 Å². The van der Waals surface area contributed by atoms with Crippen LogP contribution in [0.4, 0.5) is 0 Å². The second kappa shape index (κ2) is 6.74. The van der Waals surface area contributed by atoms with E-state index in [9.17, 15) is 9.90 Å². The molecule has 0 heterocycles. The molecule has 96 valence electrons. The number of nitriles is 1. The molecule has 5 nitrogen and oxygen atoms in total. The molecule has 0 bridgehead atoms. The quantitative estimate of drug-likeness (QED) is 0.780. The number of hydrogen-bond donors (Lipinski definition) is 2. The first-order valence-electron chi connectivity index (χ1n) is 5.64. The number of likely N-dealkylation sites (N-methyl/N-ethyl adjacent to an activating group) is 1. The fourth-order valence-corrected chi connectivity index (χ4v) is 1.49. The molecule has 1 aromatic rings. The minimum atomic E-state index is -0.595. The van der Waals surface area contributed by atoms with Gasteiger partial charge in [-0.15, -0.1) is 0 Å². The van der Waals surface area contributed by atoms with E-state index < -0.39 is 6.10 Å². The average Bonchev–Trinajstić information content (AvgIpc) is 2.35. The van der Waals surface area contributed by atoms with E-state index in [0.29, 0.717) is 17.7 Å². The largest absolute Gasteiger partial charge is 0.390 e. The number of carbonyl (C=O) groups is 1. The van der Waals surface area contributed by atoms with Crippen LogP contribution in [0.5, 0.6) is 0 Å². The lowest BCUT2D eigenvalue weighted by molar-refractivity contribution is 0.0892. The number of nitrogens with one attached hydrogen (secondary N) is 1. The molecular formula is C13H17N3O2. The Kier molecular flexibility index (Phi) is 5.31. The number of hydrogen-bond acceptors (Lipinski definition) is 4. The van der Waals surface area contributed by atoms with Crippen LogP contribution in [0, 0.1) is 11.3 Å². The van der Waals surface area contributed by atoms with E-state index in [0.717, 1.165) is 0 Å². The molecular weight excluding hydrogens is 230 g/mol. The molecule has 1 amide bonds. The Morgan fingerprint density at radius 3 is 2.56 bits per heavy atom. The SMILES string of the molecule is CN(C)C[C@@H](O)CNC(=O)c1ccc(C#N)cc1. The van der Waals surface area contributed by atoms with Crippen molar-refractivity contribution < 1.29 is 9.90 Å². The van der Waals surface area contributed by atoms with Crippen molar-refractivity contribution in [2.75, 3.05) is 27.2 Å². The van der Waals surface area contributed by atoms with Crippen LogP contribution in [-0.4, -0.2) is 49.2 Å².